The standard InChI is InChI=1S/C19H25NO6/c1-18(2,3)26-12-19(16(22)23,17(24)25)11-13-6-8-14(9-7-13)20-10-4-5-15(20)21/h6-9H,4-5,10-12H2,1-3H3,(H,22,23)(H,24,25). The predicted octanol–water partition coefficient (Wildman–Crippen LogP) is 2.33. The molecule has 26 heavy (non-hydrogen) atoms. The summed E-state index contributed by atoms with van der Waals surface area (Å²) in [6.07, 6.45) is 1.13. The lowest BCUT2D eigenvalue weighted by Crippen LogP contribution is -2.47. The first kappa shape index (κ1) is 19.9. The molecule has 1 saturated heterocycles. The number of nitrogens with zero attached hydrogens (tertiary/aromatic N) is 1. The Labute approximate surface area is 152 Å². The highest BCUT2D eigenvalue weighted by Gasteiger charge is 2.48. The van der Waals surface area contributed by atoms with Crippen LogP contribution in [0.1, 0.15) is 39.2 Å². The molecule has 0 atom stereocenters. The molecule has 7 nitrogen and oxygen atoms in total. The van der Waals surface area contributed by atoms with Crippen LogP contribution in [0.25, 0.3) is 0 Å². The van der Waals surface area contributed by atoms with Crippen LogP contribution in [0.5, 0.6) is 0 Å². The van der Waals surface area contributed by atoms with Crippen molar-refractivity contribution in [2.24, 2.45) is 5.41 Å². The van der Waals surface area contributed by atoms with Crippen LogP contribution in [0.15, 0.2) is 24.3 Å². The number of amides is 1. The maximum absolute atomic E-state index is 11.8. The maximum atomic E-state index is 11.8. The third-order valence-corrected chi connectivity index (χ3v) is 4.40. The second kappa shape index (κ2) is 7.45. The second-order valence-corrected chi connectivity index (χ2v) is 7.59. The van der Waals surface area contributed by atoms with Crippen molar-refractivity contribution in [3.8, 4) is 0 Å². The number of carboxylic acids is 2. The quantitative estimate of drug-likeness (QED) is 0.721. The average molecular weight is 363 g/mol. The summed E-state index contributed by atoms with van der Waals surface area (Å²) >= 11 is 0. The normalized spacial score (nSPS) is 15.3. The van der Waals surface area contributed by atoms with Gasteiger partial charge in [0.2, 0.25) is 5.91 Å². The highest BCUT2D eigenvalue weighted by molar-refractivity contribution is 5.99. The molecule has 1 heterocycles. The first-order chi connectivity index (χ1) is 12.0. The number of anilines is 1. The molecule has 0 bridgehead atoms. The highest BCUT2D eigenvalue weighted by Crippen LogP contribution is 2.29. The average Bonchev–Trinajstić information content (AvgIpc) is 2.96. The van der Waals surface area contributed by atoms with Gasteiger partial charge in [-0.2, -0.15) is 0 Å². The van der Waals surface area contributed by atoms with E-state index < -0.39 is 29.6 Å². The Morgan fingerprint density at radius 2 is 1.69 bits per heavy atom. The van der Waals surface area contributed by atoms with Crippen molar-refractivity contribution in [1.29, 1.82) is 0 Å². The minimum atomic E-state index is -2.07. The molecule has 1 fully saturated rings. The molecule has 1 amide bonds. The predicted molar refractivity (Wildman–Crippen MR) is 95.1 cm³/mol. The van der Waals surface area contributed by atoms with Crippen LogP contribution in [0, 0.1) is 5.41 Å². The minimum absolute atomic E-state index is 0.0572. The summed E-state index contributed by atoms with van der Waals surface area (Å²) in [6, 6.07) is 6.77. The number of carbonyl (C=O) groups is 3. The second-order valence-electron chi connectivity index (χ2n) is 7.59. The smallest absolute Gasteiger partial charge is 0.323 e. The third-order valence-electron chi connectivity index (χ3n) is 4.40. The van der Waals surface area contributed by atoms with Crippen LogP contribution < -0.4 is 4.90 Å². The molecule has 0 spiro atoms. The van der Waals surface area contributed by atoms with E-state index >= 15 is 0 Å². The summed E-state index contributed by atoms with van der Waals surface area (Å²) < 4.78 is 5.49. The SMILES string of the molecule is CC(C)(C)OCC(Cc1ccc(N2CCCC2=O)cc1)(C(=O)O)C(=O)O. The topological polar surface area (TPSA) is 104 Å². The van der Waals surface area contributed by atoms with Gasteiger partial charge in [-0.15, -0.1) is 0 Å². The summed E-state index contributed by atoms with van der Waals surface area (Å²) in [5.74, 6) is -2.82. The van der Waals surface area contributed by atoms with Gasteiger partial charge in [0.15, 0.2) is 5.41 Å². The molecule has 142 valence electrons. The number of carbonyl (C=O) groups excluding carboxylic acids is 1. The summed E-state index contributed by atoms with van der Waals surface area (Å²) in [5.41, 5.74) is -1.44. The summed E-state index contributed by atoms with van der Waals surface area (Å²) in [5, 5.41) is 19.2. The van der Waals surface area contributed by atoms with E-state index in [4.69, 9.17) is 4.74 Å². The van der Waals surface area contributed by atoms with Crippen molar-refractivity contribution < 1.29 is 29.3 Å². The van der Waals surface area contributed by atoms with Gasteiger partial charge in [-0.05, 0) is 44.9 Å². The van der Waals surface area contributed by atoms with Gasteiger partial charge in [-0.3, -0.25) is 14.4 Å². The van der Waals surface area contributed by atoms with E-state index in [0.29, 0.717) is 18.5 Å². The van der Waals surface area contributed by atoms with Crippen molar-refractivity contribution in [2.75, 3.05) is 18.1 Å². The van der Waals surface area contributed by atoms with Crippen molar-refractivity contribution >= 4 is 23.5 Å². The molecule has 7 heteroatoms. The fourth-order valence-corrected chi connectivity index (χ4v) is 2.82. The molecule has 1 aliphatic rings. The van der Waals surface area contributed by atoms with Crippen LogP contribution in [-0.4, -0.2) is 46.8 Å². The molecule has 0 aliphatic carbocycles. The molecular formula is C19H25NO6. The van der Waals surface area contributed by atoms with Crippen LogP contribution in [0.4, 0.5) is 5.69 Å². The van der Waals surface area contributed by atoms with Crippen LogP contribution >= 0.6 is 0 Å². The first-order valence-corrected chi connectivity index (χ1v) is 8.55. The number of carboxylic acid groups (broad SMARTS) is 2. The van der Waals surface area contributed by atoms with Gasteiger partial charge >= 0.3 is 11.9 Å². The lowest BCUT2D eigenvalue weighted by Gasteiger charge is -2.29. The van der Waals surface area contributed by atoms with Crippen molar-refractivity contribution in [2.45, 2.75) is 45.6 Å². The van der Waals surface area contributed by atoms with Gasteiger partial charge in [0.1, 0.15) is 0 Å². The van der Waals surface area contributed by atoms with E-state index in [2.05, 4.69) is 0 Å². The zero-order valence-electron chi connectivity index (χ0n) is 15.3. The van der Waals surface area contributed by atoms with Gasteiger partial charge < -0.3 is 19.8 Å². The molecule has 2 N–H and O–H groups in total. The Kier molecular flexibility index (Phi) is 5.71. The molecular weight excluding hydrogens is 338 g/mol. The van der Waals surface area contributed by atoms with Gasteiger partial charge in [0, 0.05) is 25.1 Å². The number of rotatable bonds is 7. The summed E-state index contributed by atoms with van der Waals surface area (Å²) in [4.78, 5) is 37.1. The van der Waals surface area contributed by atoms with Gasteiger partial charge in [-0.25, -0.2) is 0 Å². The van der Waals surface area contributed by atoms with Crippen molar-refractivity contribution in [1.82, 2.24) is 0 Å². The maximum Gasteiger partial charge on any atom is 0.323 e. The molecule has 1 aliphatic heterocycles. The molecule has 0 radical (unpaired) electrons. The van der Waals surface area contributed by atoms with Crippen molar-refractivity contribution in [3.63, 3.8) is 0 Å². The van der Waals surface area contributed by atoms with Gasteiger partial charge in [0.05, 0.1) is 12.2 Å². The molecule has 1 aromatic carbocycles. The highest BCUT2D eigenvalue weighted by atomic mass is 16.5. The third kappa shape index (κ3) is 4.40. The zero-order chi connectivity index (χ0) is 19.5. The van der Waals surface area contributed by atoms with Crippen molar-refractivity contribution in [3.05, 3.63) is 29.8 Å². The fraction of sp³-hybridized carbons (Fsp3) is 0.526. The molecule has 0 saturated carbocycles. The molecule has 0 aromatic heterocycles. The lowest BCUT2D eigenvalue weighted by atomic mass is 9.82. The summed E-state index contributed by atoms with van der Waals surface area (Å²) in [6.45, 7) is 5.44. The fourth-order valence-electron chi connectivity index (χ4n) is 2.82. The van der Waals surface area contributed by atoms with E-state index in [1.165, 1.54) is 0 Å². The molecule has 2 rings (SSSR count). The number of ether oxygens (including phenoxy) is 1. The first-order valence-electron chi connectivity index (χ1n) is 8.55. The van der Waals surface area contributed by atoms with E-state index in [-0.39, 0.29) is 12.3 Å². The zero-order valence-corrected chi connectivity index (χ0v) is 15.3. The Bertz CT molecular complexity index is 675. The Balaban J connectivity index is 2.23. The Morgan fingerprint density at radius 1 is 1.12 bits per heavy atom. The number of hydrogen-bond donors (Lipinski definition) is 2. The Hall–Kier alpha value is -2.41. The van der Waals surface area contributed by atoms with E-state index in [1.807, 2.05) is 0 Å². The largest absolute Gasteiger partial charge is 0.480 e. The van der Waals surface area contributed by atoms with E-state index in [1.54, 1.807) is 49.9 Å². The molecule has 1 aromatic rings. The van der Waals surface area contributed by atoms with E-state index in [0.717, 1.165) is 12.1 Å². The van der Waals surface area contributed by atoms with Gasteiger partial charge in [-0.1, -0.05) is 12.1 Å². The van der Waals surface area contributed by atoms with Crippen LogP contribution in [0.3, 0.4) is 0 Å². The number of aliphatic carboxylic acids is 2. The van der Waals surface area contributed by atoms with Gasteiger partial charge in [0.25, 0.3) is 0 Å². The molecule has 0 unspecified atom stereocenters. The van der Waals surface area contributed by atoms with Crippen LogP contribution in [-0.2, 0) is 25.5 Å². The lowest BCUT2D eigenvalue weighted by molar-refractivity contribution is -0.173. The number of benzene rings is 1. The van der Waals surface area contributed by atoms with Crippen LogP contribution in [0.2, 0.25) is 0 Å². The minimum Gasteiger partial charge on any atom is -0.480 e. The monoisotopic (exact) mass is 363 g/mol. The van der Waals surface area contributed by atoms with E-state index in [9.17, 15) is 24.6 Å². The Morgan fingerprint density at radius 3 is 2.12 bits per heavy atom. The number of hydrogen-bond acceptors (Lipinski definition) is 4. The summed E-state index contributed by atoms with van der Waals surface area (Å²) in [7, 11) is 0.